The topological polar surface area (TPSA) is 48.7 Å². The Morgan fingerprint density at radius 3 is 2.83 bits per heavy atom. The molecule has 0 unspecified atom stereocenters. The Kier molecular flexibility index (Phi) is 3.45. The van der Waals surface area contributed by atoms with Crippen molar-refractivity contribution in [2.75, 3.05) is 5.32 Å². The molecule has 0 aliphatic carbocycles. The number of aromatic nitrogens is 1. The van der Waals surface area contributed by atoms with Crippen molar-refractivity contribution < 1.29 is 4.39 Å². The molecule has 0 aliphatic rings. The molecule has 18 heavy (non-hydrogen) atoms. The molecule has 3 nitrogen and oxygen atoms in total. The van der Waals surface area contributed by atoms with Gasteiger partial charge >= 0.3 is 0 Å². The smallest absolute Gasteiger partial charge is 0.150 e. The lowest BCUT2D eigenvalue weighted by molar-refractivity contribution is 0.631. The molecule has 0 spiro atoms. The van der Waals surface area contributed by atoms with Gasteiger partial charge in [0.25, 0.3) is 0 Å². The van der Waals surface area contributed by atoms with Crippen LogP contribution in [0.15, 0.2) is 30.5 Å². The van der Waals surface area contributed by atoms with Gasteiger partial charge < -0.3 is 5.32 Å². The zero-order valence-electron chi connectivity index (χ0n) is 9.54. The van der Waals surface area contributed by atoms with Crippen LogP contribution in [0, 0.1) is 24.1 Å². The molecule has 5 heteroatoms. The van der Waals surface area contributed by atoms with Crippen LogP contribution in [0.3, 0.4) is 0 Å². The molecule has 0 atom stereocenters. The Hall–Kier alpha value is -2.12. The summed E-state index contributed by atoms with van der Waals surface area (Å²) >= 11 is 5.99. The first-order chi connectivity index (χ1) is 8.63. The molecule has 1 aromatic carbocycles. The van der Waals surface area contributed by atoms with Crippen LogP contribution in [0.5, 0.6) is 0 Å². The maximum atomic E-state index is 13.7. The Morgan fingerprint density at radius 2 is 2.17 bits per heavy atom. The molecule has 0 saturated heterocycles. The molecule has 0 fully saturated rings. The molecular weight excluding hydrogens is 253 g/mol. The molecule has 1 aromatic heterocycles. The van der Waals surface area contributed by atoms with Gasteiger partial charge in [0.1, 0.15) is 16.9 Å². The fourth-order valence-corrected chi connectivity index (χ4v) is 1.73. The summed E-state index contributed by atoms with van der Waals surface area (Å²) in [5.41, 5.74) is 1.33. The number of anilines is 2. The Balaban J connectivity index is 2.44. The summed E-state index contributed by atoms with van der Waals surface area (Å²) in [6, 6.07) is 8.18. The Morgan fingerprint density at radius 1 is 1.39 bits per heavy atom. The second kappa shape index (κ2) is 5.03. The third kappa shape index (κ3) is 2.27. The molecular formula is C13H9ClFN3. The SMILES string of the molecule is Cc1cccc(F)c1Nc1nccc(C#N)c1Cl. The van der Waals surface area contributed by atoms with E-state index in [-0.39, 0.29) is 10.8 Å². The van der Waals surface area contributed by atoms with Crippen LogP contribution in [0.2, 0.25) is 5.02 Å². The molecule has 2 rings (SSSR count). The van der Waals surface area contributed by atoms with E-state index in [4.69, 9.17) is 16.9 Å². The van der Waals surface area contributed by atoms with Crippen LogP contribution < -0.4 is 5.32 Å². The number of para-hydroxylation sites is 1. The van der Waals surface area contributed by atoms with Gasteiger partial charge in [-0.15, -0.1) is 0 Å². The summed E-state index contributed by atoms with van der Waals surface area (Å²) in [4.78, 5) is 4.00. The minimum Gasteiger partial charge on any atom is -0.336 e. The summed E-state index contributed by atoms with van der Waals surface area (Å²) in [5.74, 6) is -0.126. The first-order valence-corrected chi connectivity index (χ1v) is 5.58. The first-order valence-electron chi connectivity index (χ1n) is 5.20. The highest BCUT2D eigenvalue weighted by atomic mass is 35.5. The molecule has 90 valence electrons. The minimum atomic E-state index is -0.393. The lowest BCUT2D eigenvalue weighted by atomic mass is 10.2. The summed E-state index contributed by atoms with van der Waals surface area (Å²) in [5, 5.41) is 11.9. The maximum Gasteiger partial charge on any atom is 0.150 e. The first kappa shape index (κ1) is 12.3. The number of nitrogens with one attached hydrogen (secondary N) is 1. The third-order valence-corrected chi connectivity index (χ3v) is 2.86. The van der Waals surface area contributed by atoms with Crippen LogP contribution in [-0.2, 0) is 0 Å². The zero-order chi connectivity index (χ0) is 13.1. The van der Waals surface area contributed by atoms with Gasteiger partial charge in [0.15, 0.2) is 5.82 Å². The number of halogens is 2. The van der Waals surface area contributed by atoms with Crippen molar-refractivity contribution in [1.82, 2.24) is 4.98 Å². The normalized spacial score (nSPS) is 9.89. The van der Waals surface area contributed by atoms with E-state index >= 15 is 0 Å². The number of nitriles is 1. The van der Waals surface area contributed by atoms with Crippen LogP contribution in [0.25, 0.3) is 0 Å². The fraction of sp³-hybridized carbons (Fsp3) is 0.0769. The van der Waals surface area contributed by atoms with Crippen LogP contribution in [0.4, 0.5) is 15.9 Å². The van der Waals surface area contributed by atoms with E-state index < -0.39 is 5.82 Å². The highest BCUT2D eigenvalue weighted by Gasteiger charge is 2.11. The molecule has 2 aromatic rings. The molecule has 0 saturated carbocycles. The monoisotopic (exact) mass is 261 g/mol. The molecule has 0 radical (unpaired) electrons. The van der Waals surface area contributed by atoms with E-state index in [0.29, 0.717) is 11.3 Å². The van der Waals surface area contributed by atoms with Gasteiger partial charge in [0.2, 0.25) is 0 Å². The predicted molar refractivity (Wildman–Crippen MR) is 68.4 cm³/mol. The number of pyridine rings is 1. The molecule has 1 heterocycles. The van der Waals surface area contributed by atoms with Gasteiger partial charge in [-0.3, -0.25) is 0 Å². The second-order valence-corrected chi connectivity index (χ2v) is 4.07. The Bertz CT molecular complexity index is 614. The predicted octanol–water partition coefficient (Wildman–Crippen LogP) is 3.80. The lowest BCUT2D eigenvalue weighted by Gasteiger charge is -2.11. The van der Waals surface area contributed by atoms with Crippen molar-refractivity contribution in [1.29, 1.82) is 5.26 Å². The van der Waals surface area contributed by atoms with Crippen LogP contribution in [0.1, 0.15) is 11.1 Å². The summed E-state index contributed by atoms with van der Waals surface area (Å²) < 4.78 is 13.7. The molecule has 0 bridgehead atoms. The highest BCUT2D eigenvalue weighted by Crippen LogP contribution is 2.28. The highest BCUT2D eigenvalue weighted by molar-refractivity contribution is 6.34. The van der Waals surface area contributed by atoms with E-state index in [2.05, 4.69) is 10.3 Å². The maximum absolute atomic E-state index is 13.7. The quantitative estimate of drug-likeness (QED) is 0.895. The average Bonchev–Trinajstić information content (AvgIpc) is 2.36. The van der Waals surface area contributed by atoms with E-state index in [0.717, 1.165) is 5.56 Å². The number of nitrogens with zero attached hydrogens (tertiary/aromatic N) is 2. The number of aryl methyl sites for hydroxylation is 1. The summed E-state index contributed by atoms with van der Waals surface area (Å²) in [7, 11) is 0. The van der Waals surface area contributed by atoms with Gasteiger partial charge in [-0.25, -0.2) is 9.37 Å². The van der Waals surface area contributed by atoms with Gasteiger partial charge in [0.05, 0.1) is 11.3 Å². The Labute approximate surface area is 109 Å². The van der Waals surface area contributed by atoms with Crippen LogP contribution in [-0.4, -0.2) is 4.98 Å². The standard InChI is InChI=1S/C13H9ClFN3/c1-8-3-2-4-10(15)12(8)18-13-11(14)9(7-16)5-6-17-13/h2-6H,1H3,(H,17,18). The zero-order valence-corrected chi connectivity index (χ0v) is 10.3. The second-order valence-electron chi connectivity index (χ2n) is 3.69. The lowest BCUT2D eigenvalue weighted by Crippen LogP contribution is -2.00. The number of hydrogen-bond donors (Lipinski definition) is 1. The van der Waals surface area contributed by atoms with Gasteiger partial charge in [-0.05, 0) is 24.6 Å². The number of rotatable bonds is 2. The summed E-state index contributed by atoms with van der Waals surface area (Å²) in [6.45, 7) is 1.77. The van der Waals surface area contributed by atoms with Crippen molar-refractivity contribution in [3.8, 4) is 6.07 Å². The fourth-order valence-electron chi connectivity index (χ4n) is 1.53. The number of benzene rings is 1. The van der Waals surface area contributed by atoms with Crippen molar-refractivity contribution >= 4 is 23.1 Å². The van der Waals surface area contributed by atoms with E-state index in [1.807, 2.05) is 6.07 Å². The number of hydrogen-bond acceptors (Lipinski definition) is 3. The van der Waals surface area contributed by atoms with E-state index in [1.165, 1.54) is 18.3 Å². The molecule has 1 N–H and O–H groups in total. The van der Waals surface area contributed by atoms with Crippen molar-refractivity contribution in [2.45, 2.75) is 6.92 Å². The molecule has 0 amide bonds. The summed E-state index contributed by atoms with van der Waals surface area (Å²) in [6.07, 6.45) is 1.45. The van der Waals surface area contributed by atoms with Gasteiger partial charge in [-0.2, -0.15) is 5.26 Å². The third-order valence-electron chi connectivity index (χ3n) is 2.48. The molecule has 0 aliphatic heterocycles. The van der Waals surface area contributed by atoms with Crippen molar-refractivity contribution in [3.05, 3.63) is 52.4 Å². The largest absolute Gasteiger partial charge is 0.336 e. The van der Waals surface area contributed by atoms with Gasteiger partial charge in [0, 0.05) is 6.20 Å². The van der Waals surface area contributed by atoms with E-state index in [9.17, 15) is 4.39 Å². The van der Waals surface area contributed by atoms with Crippen LogP contribution >= 0.6 is 11.6 Å². The van der Waals surface area contributed by atoms with Crippen molar-refractivity contribution in [2.24, 2.45) is 0 Å². The van der Waals surface area contributed by atoms with Crippen molar-refractivity contribution in [3.63, 3.8) is 0 Å². The van der Waals surface area contributed by atoms with E-state index in [1.54, 1.807) is 19.1 Å². The average molecular weight is 262 g/mol. The van der Waals surface area contributed by atoms with Gasteiger partial charge in [-0.1, -0.05) is 23.7 Å². The minimum absolute atomic E-state index is 0.183.